The summed E-state index contributed by atoms with van der Waals surface area (Å²) in [6.07, 6.45) is 7.00. The fourth-order valence-corrected chi connectivity index (χ4v) is 3.26. The molecule has 0 amide bonds. The molecule has 0 saturated heterocycles. The van der Waals surface area contributed by atoms with Gasteiger partial charge in [-0.2, -0.15) is 0 Å². The Morgan fingerprint density at radius 3 is 2.55 bits per heavy atom. The van der Waals surface area contributed by atoms with Gasteiger partial charge in [0, 0.05) is 22.6 Å². The number of nitrogens with zero attached hydrogens (tertiary/aromatic N) is 1. The molecule has 1 aliphatic heterocycles. The van der Waals surface area contributed by atoms with Gasteiger partial charge in [-0.1, -0.05) is 56.3 Å². The van der Waals surface area contributed by atoms with Crippen LogP contribution < -0.4 is 0 Å². The highest BCUT2D eigenvalue weighted by Gasteiger charge is 2.18. The summed E-state index contributed by atoms with van der Waals surface area (Å²) in [5, 5.41) is 2.40. The van der Waals surface area contributed by atoms with E-state index in [-0.39, 0.29) is 6.04 Å². The second-order valence-electron chi connectivity index (χ2n) is 6.35. The third-order valence-corrected chi connectivity index (χ3v) is 4.21. The molecule has 0 bridgehead atoms. The van der Waals surface area contributed by atoms with E-state index < -0.39 is 0 Å². The van der Waals surface area contributed by atoms with Crippen LogP contribution in [-0.2, 0) is 6.42 Å². The lowest BCUT2D eigenvalue weighted by Crippen LogP contribution is -1.93. The molecule has 1 aromatic heterocycles. The second-order valence-corrected chi connectivity index (χ2v) is 6.35. The number of hydrogen-bond acceptors (Lipinski definition) is 2. The van der Waals surface area contributed by atoms with Crippen molar-refractivity contribution in [3.05, 3.63) is 59.7 Å². The van der Waals surface area contributed by atoms with Crippen molar-refractivity contribution < 1.29 is 4.42 Å². The molecule has 2 heteroatoms. The zero-order valence-corrected chi connectivity index (χ0v) is 12.9. The van der Waals surface area contributed by atoms with Crippen LogP contribution in [0.2, 0.25) is 0 Å². The Balaban J connectivity index is 1.98. The summed E-state index contributed by atoms with van der Waals surface area (Å²) in [5.74, 6) is 0.612. The van der Waals surface area contributed by atoms with Gasteiger partial charge in [0.05, 0.1) is 6.04 Å². The molecule has 0 spiro atoms. The molecule has 1 atom stereocenters. The lowest BCUT2D eigenvalue weighted by Gasteiger charge is -2.05. The molecule has 3 aromatic rings. The maximum Gasteiger partial charge on any atom is 0.141 e. The summed E-state index contributed by atoms with van der Waals surface area (Å²) in [4.78, 5) is 4.50. The SMILES string of the molecule is CC(C)Cc1cccc2c1oc1c(C3C=CC=N3)cccc12. The zero-order valence-electron chi connectivity index (χ0n) is 12.9. The highest BCUT2D eigenvalue weighted by Crippen LogP contribution is 2.37. The van der Waals surface area contributed by atoms with E-state index in [9.17, 15) is 0 Å². The highest BCUT2D eigenvalue weighted by atomic mass is 16.3. The van der Waals surface area contributed by atoms with Gasteiger partial charge in [0.25, 0.3) is 0 Å². The molecular formula is C20H19NO. The molecule has 0 aliphatic carbocycles. The van der Waals surface area contributed by atoms with E-state index in [0.29, 0.717) is 5.92 Å². The first kappa shape index (κ1) is 13.3. The van der Waals surface area contributed by atoms with Crippen molar-refractivity contribution in [1.29, 1.82) is 0 Å². The zero-order chi connectivity index (χ0) is 15.1. The Morgan fingerprint density at radius 1 is 1.05 bits per heavy atom. The summed E-state index contributed by atoms with van der Waals surface area (Å²) >= 11 is 0. The van der Waals surface area contributed by atoms with Crippen LogP contribution in [-0.4, -0.2) is 6.21 Å². The molecule has 1 aliphatic rings. The first-order valence-electron chi connectivity index (χ1n) is 7.87. The summed E-state index contributed by atoms with van der Waals surface area (Å²) in [6.45, 7) is 4.48. The lowest BCUT2D eigenvalue weighted by molar-refractivity contribution is 0.620. The molecule has 2 nitrogen and oxygen atoms in total. The third kappa shape index (κ3) is 2.07. The van der Waals surface area contributed by atoms with Gasteiger partial charge in [0.2, 0.25) is 0 Å². The smallest absolute Gasteiger partial charge is 0.141 e. The van der Waals surface area contributed by atoms with Crippen LogP contribution in [0.15, 0.2) is 58.0 Å². The Hall–Kier alpha value is -2.35. The van der Waals surface area contributed by atoms with E-state index in [1.54, 1.807) is 0 Å². The quantitative estimate of drug-likeness (QED) is 0.628. The van der Waals surface area contributed by atoms with Crippen LogP contribution in [0.3, 0.4) is 0 Å². The van der Waals surface area contributed by atoms with E-state index in [0.717, 1.165) is 23.2 Å². The number of furan rings is 1. The predicted octanol–water partition coefficient (Wildman–Crippen LogP) is 5.47. The van der Waals surface area contributed by atoms with Crippen molar-refractivity contribution in [2.75, 3.05) is 0 Å². The molecule has 1 unspecified atom stereocenters. The number of rotatable bonds is 3. The summed E-state index contributed by atoms with van der Waals surface area (Å²) in [7, 11) is 0. The predicted molar refractivity (Wildman–Crippen MR) is 92.6 cm³/mol. The fourth-order valence-electron chi connectivity index (χ4n) is 3.26. The summed E-state index contributed by atoms with van der Waals surface area (Å²) < 4.78 is 6.32. The van der Waals surface area contributed by atoms with Crippen molar-refractivity contribution in [2.45, 2.75) is 26.3 Å². The molecule has 2 aromatic carbocycles. The normalized spacial score (nSPS) is 17.3. The fraction of sp³-hybridized carbons (Fsp3) is 0.250. The Kier molecular flexibility index (Phi) is 3.11. The van der Waals surface area contributed by atoms with Crippen molar-refractivity contribution in [2.24, 2.45) is 10.9 Å². The number of para-hydroxylation sites is 2. The minimum absolute atomic E-state index is 0.0813. The minimum Gasteiger partial charge on any atom is -0.455 e. The van der Waals surface area contributed by atoms with Gasteiger partial charge in [0.15, 0.2) is 0 Å². The molecule has 0 radical (unpaired) electrons. The Labute approximate surface area is 130 Å². The van der Waals surface area contributed by atoms with Gasteiger partial charge in [-0.25, -0.2) is 0 Å². The molecule has 2 heterocycles. The maximum absolute atomic E-state index is 6.32. The van der Waals surface area contributed by atoms with Crippen LogP contribution in [0.1, 0.15) is 31.0 Å². The number of allylic oxidation sites excluding steroid dienone is 1. The Bertz CT molecular complexity index is 887. The van der Waals surface area contributed by atoms with Crippen LogP contribution in [0.25, 0.3) is 21.9 Å². The van der Waals surface area contributed by atoms with E-state index in [1.165, 1.54) is 16.3 Å². The molecular weight excluding hydrogens is 270 g/mol. The highest BCUT2D eigenvalue weighted by molar-refractivity contribution is 6.07. The molecule has 0 N–H and O–H groups in total. The van der Waals surface area contributed by atoms with E-state index in [2.05, 4.69) is 61.3 Å². The van der Waals surface area contributed by atoms with Crippen molar-refractivity contribution in [1.82, 2.24) is 0 Å². The minimum atomic E-state index is 0.0813. The number of benzene rings is 2. The first-order valence-corrected chi connectivity index (χ1v) is 7.87. The standard InChI is InChI=1S/C20H19NO/c1-13(2)12-14-6-3-7-15-16-8-4-9-17(18-10-5-11-21-18)20(16)22-19(14)15/h3-11,13,18H,12H2,1-2H3. The second kappa shape index (κ2) is 5.13. The van der Waals surface area contributed by atoms with Crippen LogP contribution in [0.5, 0.6) is 0 Å². The van der Waals surface area contributed by atoms with Gasteiger partial charge in [-0.3, -0.25) is 4.99 Å². The van der Waals surface area contributed by atoms with Crippen LogP contribution in [0.4, 0.5) is 0 Å². The summed E-state index contributed by atoms with van der Waals surface area (Å²) in [5.41, 5.74) is 4.45. The topological polar surface area (TPSA) is 25.5 Å². The van der Waals surface area contributed by atoms with Gasteiger partial charge in [-0.05, 0) is 24.0 Å². The number of fused-ring (bicyclic) bond motifs is 3. The average Bonchev–Trinajstić information content (AvgIpc) is 3.14. The van der Waals surface area contributed by atoms with Crippen molar-refractivity contribution in [3.63, 3.8) is 0 Å². The molecule has 22 heavy (non-hydrogen) atoms. The molecule has 110 valence electrons. The molecule has 4 rings (SSSR count). The molecule has 0 saturated carbocycles. The van der Waals surface area contributed by atoms with Crippen molar-refractivity contribution in [3.8, 4) is 0 Å². The largest absolute Gasteiger partial charge is 0.455 e. The lowest BCUT2D eigenvalue weighted by atomic mass is 9.99. The van der Waals surface area contributed by atoms with E-state index in [1.807, 2.05) is 12.3 Å². The monoisotopic (exact) mass is 289 g/mol. The summed E-state index contributed by atoms with van der Waals surface area (Å²) in [6, 6.07) is 12.9. The van der Waals surface area contributed by atoms with Gasteiger partial charge < -0.3 is 4.42 Å². The van der Waals surface area contributed by atoms with Gasteiger partial charge >= 0.3 is 0 Å². The average molecular weight is 289 g/mol. The number of hydrogen-bond donors (Lipinski definition) is 0. The van der Waals surface area contributed by atoms with E-state index >= 15 is 0 Å². The van der Waals surface area contributed by atoms with E-state index in [4.69, 9.17) is 4.42 Å². The van der Waals surface area contributed by atoms with Gasteiger partial charge in [-0.15, -0.1) is 0 Å². The first-order chi connectivity index (χ1) is 10.7. The van der Waals surface area contributed by atoms with Gasteiger partial charge in [0.1, 0.15) is 11.2 Å². The van der Waals surface area contributed by atoms with Crippen molar-refractivity contribution >= 4 is 28.2 Å². The molecule has 0 fully saturated rings. The number of aliphatic imine (C=N–C) groups is 1. The third-order valence-electron chi connectivity index (χ3n) is 4.21. The Morgan fingerprint density at radius 2 is 1.82 bits per heavy atom. The van der Waals surface area contributed by atoms with Crippen LogP contribution >= 0.6 is 0 Å². The maximum atomic E-state index is 6.32. The van der Waals surface area contributed by atoms with Crippen LogP contribution in [0, 0.1) is 5.92 Å².